The standard InChI is InChI=1S/C26H27NO5S/c1-27(2)15-16-31-20-9-11-21(12-10-20)32-25-23-14-13-22(30-4)17-24(23)33(28)26(25)18-5-7-19(29-3)8-6-18/h5-14,17H,15-16H2,1-4H3. The van der Waals surface area contributed by atoms with E-state index in [1.807, 2.05) is 74.8 Å². The average molecular weight is 466 g/mol. The number of ether oxygens (including phenoxy) is 4. The minimum atomic E-state index is -1.42. The van der Waals surface area contributed by atoms with Gasteiger partial charge in [0.05, 0.1) is 34.8 Å². The number of fused-ring (bicyclic) bond motifs is 1. The third-order valence-corrected chi connectivity index (χ3v) is 6.76. The Labute approximate surface area is 196 Å². The summed E-state index contributed by atoms with van der Waals surface area (Å²) < 4.78 is 36.2. The lowest BCUT2D eigenvalue weighted by Crippen LogP contribution is -2.19. The zero-order valence-corrected chi connectivity index (χ0v) is 20.0. The van der Waals surface area contributed by atoms with Crippen molar-refractivity contribution in [2.75, 3.05) is 41.5 Å². The van der Waals surface area contributed by atoms with Crippen LogP contribution in [0.2, 0.25) is 0 Å². The Balaban J connectivity index is 1.67. The van der Waals surface area contributed by atoms with Gasteiger partial charge in [0.25, 0.3) is 0 Å². The molecule has 172 valence electrons. The SMILES string of the molecule is COc1ccc(C2=C(Oc3ccc(OCCN(C)C)cc3)c3ccc(OC)cc3S2=O)cc1. The monoisotopic (exact) mass is 465 g/mol. The molecule has 0 aromatic heterocycles. The highest BCUT2D eigenvalue weighted by Crippen LogP contribution is 2.44. The molecule has 0 radical (unpaired) electrons. The predicted octanol–water partition coefficient (Wildman–Crippen LogP) is 4.67. The van der Waals surface area contributed by atoms with Gasteiger partial charge in [-0.3, -0.25) is 0 Å². The lowest BCUT2D eigenvalue weighted by molar-refractivity contribution is 0.261. The number of methoxy groups -OCH3 is 2. The van der Waals surface area contributed by atoms with E-state index < -0.39 is 10.8 Å². The molecule has 1 unspecified atom stereocenters. The van der Waals surface area contributed by atoms with Gasteiger partial charge in [0.2, 0.25) is 0 Å². The van der Waals surface area contributed by atoms with E-state index in [4.69, 9.17) is 18.9 Å². The molecule has 0 N–H and O–H groups in total. The van der Waals surface area contributed by atoms with E-state index in [1.165, 1.54) is 0 Å². The van der Waals surface area contributed by atoms with Crippen molar-refractivity contribution in [3.05, 3.63) is 77.9 Å². The predicted molar refractivity (Wildman–Crippen MR) is 130 cm³/mol. The molecule has 4 rings (SSSR count). The van der Waals surface area contributed by atoms with Crippen LogP contribution in [-0.4, -0.2) is 50.6 Å². The highest BCUT2D eigenvalue weighted by molar-refractivity contribution is 7.95. The summed E-state index contributed by atoms with van der Waals surface area (Å²) in [5.74, 6) is 3.36. The molecule has 0 aliphatic carbocycles. The fourth-order valence-corrected chi connectivity index (χ4v) is 4.91. The van der Waals surface area contributed by atoms with Gasteiger partial charge in [-0.2, -0.15) is 0 Å². The summed E-state index contributed by atoms with van der Waals surface area (Å²) in [6.07, 6.45) is 0. The largest absolute Gasteiger partial charge is 0.497 e. The average Bonchev–Trinajstić information content (AvgIpc) is 3.10. The maximum absolute atomic E-state index is 13.5. The Kier molecular flexibility index (Phi) is 7.01. The molecule has 33 heavy (non-hydrogen) atoms. The Morgan fingerprint density at radius 3 is 2.03 bits per heavy atom. The molecule has 0 bridgehead atoms. The minimum absolute atomic E-state index is 0.567. The van der Waals surface area contributed by atoms with Gasteiger partial charge in [0.15, 0.2) is 5.76 Å². The number of rotatable bonds is 9. The summed E-state index contributed by atoms with van der Waals surface area (Å²) >= 11 is 0. The Hall–Kier alpha value is -3.29. The van der Waals surface area contributed by atoms with E-state index >= 15 is 0 Å². The zero-order valence-electron chi connectivity index (χ0n) is 19.2. The molecule has 3 aromatic rings. The molecular weight excluding hydrogens is 438 g/mol. The van der Waals surface area contributed by atoms with E-state index in [9.17, 15) is 4.21 Å². The van der Waals surface area contributed by atoms with Crippen molar-refractivity contribution < 1.29 is 23.2 Å². The highest BCUT2D eigenvalue weighted by Gasteiger charge is 2.32. The van der Waals surface area contributed by atoms with Crippen molar-refractivity contribution in [3.8, 4) is 23.0 Å². The van der Waals surface area contributed by atoms with Crippen molar-refractivity contribution in [1.29, 1.82) is 0 Å². The Bertz CT molecular complexity index is 1170. The molecule has 0 saturated heterocycles. The van der Waals surface area contributed by atoms with Crippen LogP contribution in [0, 0.1) is 0 Å². The highest BCUT2D eigenvalue weighted by atomic mass is 32.2. The summed E-state index contributed by atoms with van der Waals surface area (Å²) in [5.41, 5.74) is 1.59. The maximum Gasteiger partial charge on any atom is 0.152 e. The molecule has 1 aliphatic heterocycles. The summed E-state index contributed by atoms with van der Waals surface area (Å²) in [7, 11) is 5.81. The second-order valence-electron chi connectivity index (χ2n) is 7.74. The van der Waals surface area contributed by atoms with Crippen LogP contribution in [-0.2, 0) is 10.8 Å². The van der Waals surface area contributed by atoms with Crippen LogP contribution in [0.4, 0.5) is 0 Å². The van der Waals surface area contributed by atoms with Crippen LogP contribution < -0.4 is 18.9 Å². The van der Waals surface area contributed by atoms with Crippen LogP contribution in [0.1, 0.15) is 11.1 Å². The first-order valence-electron chi connectivity index (χ1n) is 10.5. The molecule has 0 fully saturated rings. The Morgan fingerprint density at radius 2 is 1.39 bits per heavy atom. The van der Waals surface area contributed by atoms with Crippen molar-refractivity contribution in [2.24, 2.45) is 0 Å². The maximum atomic E-state index is 13.5. The van der Waals surface area contributed by atoms with Crippen molar-refractivity contribution >= 4 is 21.5 Å². The normalized spacial score (nSPS) is 14.9. The van der Waals surface area contributed by atoms with E-state index in [1.54, 1.807) is 20.3 Å². The smallest absolute Gasteiger partial charge is 0.152 e. The molecule has 6 nitrogen and oxygen atoms in total. The number of likely N-dealkylation sites (N-methyl/N-ethyl adjacent to an activating group) is 1. The van der Waals surface area contributed by atoms with E-state index in [0.717, 1.165) is 29.2 Å². The van der Waals surface area contributed by atoms with Gasteiger partial charge in [-0.1, -0.05) is 0 Å². The lowest BCUT2D eigenvalue weighted by Gasteiger charge is -2.13. The molecule has 7 heteroatoms. The fraction of sp³-hybridized carbons (Fsp3) is 0.231. The molecular formula is C26H27NO5S. The lowest BCUT2D eigenvalue weighted by atomic mass is 10.1. The molecule has 1 atom stereocenters. The minimum Gasteiger partial charge on any atom is -0.497 e. The molecule has 1 aliphatic rings. The van der Waals surface area contributed by atoms with E-state index in [-0.39, 0.29) is 0 Å². The van der Waals surface area contributed by atoms with Crippen molar-refractivity contribution in [1.82, 2.24) is 4.90 Å². The molecule has 0 saturated carbocycles. The quantitative estimate of drug-likeness (QED) is 0.458. The van der Waals surface area contributed by atoms with Crippen LogP contribution in [0.25, 0.3) is 10.7 Å². The van der Waals surface area contributed by atoms with Gasteiger partial charge in [0.1, 0.15) is 29.6 Å². The molecule has 0 spiro atoms. The number of benzene rings is 3. The second kappa shape index (κ2) is 10.1. The summed E-state index contributed by atoms with van der Waals surface area (Å²) in [5, 5.41) is 0. The summed E-state index contributed by atoms with van der Waals surface area (Å²) in [6.45, 7) is 1.44. The summed E-state index contributed by atoms with van der Waals surface area (Å²) in [4.78, 5) is 3.35. The van der Waals surface area contributed by atoms with Gasteiger partial charge in [-0.25, -0.2) is 4.21 Å². The van der Waals surface area contributed by atoms with Gasteiger partial charge >= 0.3 is 0 Å². The van der Waals surface area contributed by atoms with E-state index in [0.29, 0.717) is 33.7 Å². The van der Waals surface area contributed by atoms with E-state index in [2.05, 4.69) is 4.90 Å². The third-order valence-electron chi connectivity index (χ3n) is 5.23. The Morgan fingerprint density at radius 1 is 0.788 bits per heavy atom. The van der Waals surface area contributed by atoms with Gasteiger partial charge in [-0.05, 0) is 86.4 Å². The van der Waals surface area contributed by atoms with Crippen LogP contribution in [0.15, 0.2) is 71.6 Å². The first-order chi connectivity index (χ1) is 16.0. The van der Waals surface area contributed by atoms with Gasteiger partial charge in [0, 0.05) is 12.1 Å². The van der Waals surface area contributed by atoms with Crippen LogP contribution in [0.3, 0.4) is 0 Å². The first kappa shape index (κ1) is 22.9. The summed E-state index contributed by atoms with van der Waals surface area (Å²) in [6, 6.07) is 20.5. The number of hydrogen-bond acceptors (Lipinski definition) is 6. The first-order valence-corrected chi connectivity index (χ1v) is 11.7. The van der Waals surface area contributed by atoms with Gasteiger partial charge < -0.3 is 23.8 Å². The molecule has 3 aromatic carbocycles. The zero-order chi connectivity index (χ0) is 23.4. The van der Waals surface area contributed by atoms with Crippen LogP contribution >= 0.6 is 0 Å². The number of nitrogens with zero attached hydrogens (tertiary/aromatic N) is 1. The van der Waals surface area contributed by atoms with Gasteiger partial charge in [-0.15, -0.1) is 0 Å². The third kappa shape index (κ3) is 5.05. The molecule has 1 heterocycles. The second-order valence-corrected chi connectivity index (χ2v) is 9.13. The van der Waals surface area contributed by atoms with Crippen molar-refractivity contribution in [2.45, 2.75) is 4.90 Å². The number of hydrogen-bond donors (Lipinski definition) is 0. The van der Waals surface area contributed by atoms with Crippen molar-refractivity contribution in [3.63, 3.8) is 0 Å². The van der Waals surface area contributed by atoms with Crippen LogP contribution in [0.5, 0.6) is 23.0 Å². The fourth-order valence-electron chi connectivity index (χ4n) is 3.44. The molecule has 0 amide bonds. The topological polar surface area (TPSA) is 57.2 Å².